The zero-order chi connectivity index (χ0) is 16.1. The van der Waals surface area contributed by atoms with Crippen molar-refractivity contribution in [2.75, 3.05) is 6.61 Å². The average Bonchev–Trinajstić information content (AvgIpc) is 3.34. The summed E-state index contributed by atoms with van der Waals surface area (Å²) in [5.41, 5.74) is 3.42. The Bertz CT molecular complexity index is 628. The van der Waals surface area contributed by atoms with Gasteiger partial charge in [0, 0.05) is 11.1 Å². The van der Waals surface area contributed by atoms with Crippen LogP contribution in [0, 0.1) is 6.92 Å². The first-order valence-corrected chi connectivity index (χ1v) is 8.04. The van der Waals surface area contributed by atoms with Crippen LogP contribution in [0.25, 0.3) is 11.3 Å². The van der Waals surface area contributed by atoms with Gasteiger partial charge in [0.15, 0.2) is 0 Å². The number of aromatic nitrogens is 2. The highest BCUT2D eigenvalue weighted by Gasteiger charge is 2.32. The maximum absolute atomic E-state index is 12.2. The number of esters is 1. The molecule has 1 aliphatic rings. The lowest BCUT2D eigenvalue weighted by atomic mass is 10.1. The van der Waals surface area contributed by atoms with E-state index in [2.05, 4.69) is 5.10 Å². The van der Waals surface area contributed by atoms with Gasteiger partial charge in [-0.25, -0.2) is 4.79 Å². The Hall–Kier alpha value is -2.10. The van der Waals surface area contributed by atoms with Crippen molar-refractivity contribution in [2.24, 2.45) is 0 Å². The summed E-state index contributed by atoms with van der Waals surface area (Å²) in [4.78, 5) is 12.2. The van der Waals surface area contributed by atoms with E-state index in [1.807, 2.05) is 62.7 Å². The minimum absolute atomic E-state index is 0.272. The summed E-state index contributed by atoms with van der Waals surface area (Å²) in [7, 11) is 0. The van der Waals surface area contributed by atoms with Crippen molar-refractivity contribution >= 4 is 5.97 Å². The van der Waals surface area contributed by atoms with Crippen LogP contribution in [0.2, 0.25) is 0 Å². The molecule has 4 heteroatoms. The molecule has 1 saturated carbocycles. The topological polar surface area (TPSA) is 44.1 Å². The molecule has 0 unspecified atom stereocenters. The van der Waals surface area contributed by atoms with Crippen molar-refractivity contribution in [3.63, 3.8) is 0 Å². The molecule has 0 bridgehead atoms. The van der Waals surface area contributed by atoms with Gasteiger partial charge >= 0.3 is 5.97 Å². The SMILES string of the molecule is CC.CCOC(=O)c1c(C)c(-c2ccccc2)nn1C1CC1. The zero-order valence-electron chi connectivity index (χ0n) is 13.8. The molecule has 118 valence electrons. The summed E-state index contributed by atoms with van der Waals surface area (Å²) in [6.07, 6.45) is 2.17. The predicted molar refractivity (Wildman–Crippen MR) is 88.0 cm³/mol. The number of rotatable bonds is 4. The average molecular weight is 300 g/mol. The lowest BCUT2D eigenvalue weighted by Gasteiger charge is -2.05. The molecule has 3 rings (SSSR count). The van der Waals surface area contributed by atoms with E-state index in [9.17, 15) is 4.79 Å². The van der Waals surface area contributed by atoms with Gasteiger partial charge in [-0.3, -0.25) is 4.68 Å². The molecule has 0 saturated heterocycles. The van der Waals surface area contributed by atoms with Gasteiger partial charge in [-0.05, 0) is 26.7 Å². The fourth-order valence-electron chi connectivity index (χ4n) is 2.42. The monoisotopic (exact) mass is 300 g/mol. The molecule has 0 atom stereocenters. The third kappa shape index (κ3) is 3.21. The summed E-state index contributed by atoms with van der Waals surface area (Å²) < 4.78 is 7.03. The van der Waals surface area contributed by atoms with Crippen LogP contribution >= 0.6 is 0 Å². The third-order valence-electron chi connectivity index (χ3n) is 3.56. The highest BCUT2D eigenvalue weighted by atomic mass is 16.5. The predicted octanol–water partition coefficient (Wildman–Crippen LogP) is 4.40. The fraction of sp³-hybridized carbons (Fsp3) is 0.444. The third-order valence-corrected chi connectivity index (χ3v) is 3.56. The standard InChI is InChI=1S/C16H18N2O2.C2H6/c1-3-20-16(19)15-11(2)14(12-7-5-4-6-8-12)17-18(15)13-9-10-13;1-2/h4-8,13H,3,9-10H2,1-2H3;1-2H3. The van der Waals surface area contributed by atoms with Gasteiger partial charge in [0.1, 0.15) is 5.69 Å². The lowest BCUT2D eigenvalue weighted by Crippen LogP contribution is -2.13. The first kappa shape index (κ1) is 16.3. The van der Waals surface area contributed by atoms with Gasteiger partial charge in [-0.15, -0.1) is 0 Å². The maximum Gasteiger partial charge on any atom is 0.356 e. The smallest absolute Gasteiger partial charge is 0.356 e. The van der Waals surface area contributed by atoms with Crippen molar-refractivity contribution in [3.8, 4) is 11.3 Å². The second-order valence-corrected chi connectivity index (χ2v) is 5.08. The maximum atomic E-state index is 12.2. The normalized spacial score (nSPS) is 13.3. The number of benzene rings is 1. The van der Waals surface area contributed by atoms with Crippen LogP contribution < -0.4 is 0 Å². The van der Waals surface area contributed by atoms with Crippen molar-refractivity contribution < 1.29 is 9.53 Å². The van der Waals surface area contributed by atoms with Crippen LogP contribution in [-0.2, 0) is 4.74 Å². The largest absolute Gasteiger partial charge is 0.461 e. The van der Waals surface area contributed by atoms with E-state index in [-0.39, 0.29) is 5.97 Å². The number of hydrogen-bond acceptors (Lipinski definition) is 3. The van der Waals surface area contributed by atoms with Crippen molar-refractivity contribution in [3.05, 3.63) is 41.6 Å². The van der Waals surface area contributed by atoms with E-state index in [1.54, 1.807) is 0 Å². The van der Waals surface area contributed by atoms with E-state index in [1.165, 1.54) is 0 Å². The van der Waals surface area contributed by atoms with E-state index < -0.39 is 0 Å². The van der Waals surface area contributed by atoms with Crippen LogP contribution in [-0.4, -0.2) is 22.4 Å². The number of hydrogen-bond donors (Lipinski definition) is 0. The Morgan fingerprint density at radius 3 is 2.45 bits per heavy atom. The molecule has 22 heavy (non-hydrogen) atoms. The Labute approximate surface area is 132 Å². The van der Waals surface area contributed by atoms with E-state index in [0.29, 0.717) is 18.3 Å². The second-order valence-electron chi connectivity index (χ2n) is 5.08. The molecular weight excluding hydrogens is 276 g/mol. The van der Waals surface area contributed by atoms with E-state index in [0.717, 1.165) is 29.7 Å². The molecule has 0 N–H and O–H groups in total. The molecule has 0 amide bonds. The van der Waals surface area contributed by atoms with E-state index >= 15 is 0 Å². The van der Waals surface area contributed by atoms with Crippen LogP contribution in [0.1, 0.15) is 55.7 Å². The molecule has 0 aliphatic heterocycles. The number of ether oxygens (including phenoxy) is 1. The molecule has 4 nitrogen and oxygen atoms in total. The Morgan fingerprint density at radius 2 is 1.91 bits per heavy atom. The van der Waals surface area contributed by atoms with Crippen molar-refractivity contribution in [1.82, 2.24) is 9.78 Å². The highest BCUT2D eigenvalue weighted by Crippen LogP contribution is 2.38. The van der Waals surface area contributed by atoms with Crippen LogP contribution in [0.15, 0.2) is 30.3 Å². The first-order chi connectivity index (χ1) is 10.7. The van der Waals surface area contributed by atoms with Crippen LogP contribution in [0.3, 0.4) is 0 Å². The molecular formula is C18H24N2O2. The van der Waals surface area contributed by atoms with Gasteiger partial charge < -0.3 is 4.74 Å². The molecule has 2 aromatic rings. The molecule has 1 aliphatic carbocycles. The molecule has 0 radical (unpaired) electrons. The van der Waals surface area contributed by atoms with Crippen molar-refractivity contribution in [1.29, 1.82) is 0 Å². The zero-order valence-corrected chi connectivity index (χ0v) is 13.8. The summed E-state index contributed by atoms with van der Waals surface area (Å²) in [5, 5.41) is 4.66. The lowest BCUT2D eigenvalue weighted by molar-refractivity contribution is 0.0510. The Balaban J connectivity index is 0.000000847. The highest BCUT2D eigenvalue weighted by molar-refractivity contribution is 5.91. The van der Waals surface area contributed by atoms with Gasteiger partial charge in [0.25, 0.3) is 0 Å². The molecule has 1 fully saturated rings. The minimum atomic E-state index is -0.272. The quantitative estimate of drug-likeness (QED) is 0.786. The minimum Gasteiger partial charge on any atom is -0.461 e. The molecule has 1 aromatic carbocycles. The molecule has 1 aromatic heterocycles. The Kier molecular flexibility index (Phi) is 5.36. The fourth-order valence-corrected chi connectivity index (χ4v) is 2.42. The molecule has 1 heterocycles. The summed E-state index contributed by atoms with van der Waals surface area (Å²) >= 11 is 0. The molecule has 0 spiro atoms. The van der Waals surface area contributed by atoms with Gasteiger partial charge in [-0.2, -0.15) is 5.10 Å². The van der Waals surface area contributed by atoms with Gasteiger partial charge in [-0.1, -0.05) is 44.2 Å². The summed E-state index contributed by atoms with van der Waals surface area (Å²) in [6.45, 7) is 8.15. The summed E-state index contributed by atoms with van der Waals surface area (Å²) in [6, 6.07) is 10.3. The Morgan fingerprint density at radius 1 is 1.27 bits per heavy atom. The first-order valence-electron chi connectivity index (χ1n) is 8.04. The second kappa shape index (κ2) is 7.25. The van der Waals surface area contributed by atoms with Gasteiger partial charge in [0.05, 0.1) is 18.3 Å². The van der Waals surface area contributed by atoms with Crippen LogP contribution in [0.5, 0.6) is 0 Å². The summed E-state index contributed by atoms with van der Waals surface area (Å²) in [5.74, 6) is -0.272. The van der Waals surface area contributed by atoms with Crippen LogP contribution in [0.4, 0.5) is 0 Å². The van der Waals surface area contributed by atoms with E-state index in [4.69, 9.17) is 4.74 Å². The number of carbonyl (C=O) groups excluding carboxylic acids is 1. The van der Waals surface area contributed by atoms with Gasteiger partial charge in [0.2, 0.25) is 0 Å². The van der Waals surface area contributed by atoms with Crippen molar-refractivity contribution in [2.45, 2.75) is 46.6 Å². The number of nitrogens with zero attached hydrogens (tertiary/aromatic N) is 2. The number of carbonyl (C=O) groups is 1.